The molecule has 2 N–H and O–H groups in total. The summed E-state index contributed by atoms with van der Waals surface area (Å²) in [5.74, 6) is -1.07. The molecule has 0 aliphatic heterocycles. The van der Waals surface area contributed by atoms with E-state index in [1.165, 1.54) is 18.6 Å². The van der Waals surface area contributed by atoms with Crippen LogP contribution >= 0.6 is 0 Å². The first-order valence-electron chi connectivity index (χ1n) is 12.5. The van der Waals surface area contributed by atoms with Crippen molar-refractivity contribution < 1.29 is 14.5 Å². The number of nitro benzene ring substituents is 1. The molecule has 3 aromatic rings. The lowest BCUT2D eigenvalue weighted by atomic mass is 9.90. The Kier molecular flexibility index (Phi) is 8.44. The van der Waals surface area contributed by atoms with Crippen molar-refractivity contribution in [2.24, 2.45) is 0 Å². The number of hydrogen-bond donors (Lipinski definition) is 2. The number of non-ortho nitro benzene ring substituents is 1. The largest absolute Gasteiger partial charge is 0.352 e. The lowest BCUT2D eigenvalue weighted by Gasteiger charge is -2.27. The van der Waals surface area contributed by atoms with E-state index in [4.69, 9.17) is 0 Å². The topological polar surface area (TPSA) is 101 Å². The first-order valence-corrected chi connectivity index (χ1v) is 12.5. The number of carbonyl (C=O) groups excluding carboxylic acids is 2. The fraction of sp³-hybridized carbons (Fsp3) is 0.310. The molecule has 1 aliphatic carbocycles. The Morgan fingerprint density at radius 2 is 1.36 bits per heavy atom. The fourth-order valence-corrected chi connectivity index (χ4v) is 4.79. The number of benzene rings is 3. The lowest BCUT2D eigenvalue weighted by Crippen LogP contribution is -2.52. The number of nitrogens with zero attached hydrogens (tertiary/aromatic N) is 1. The van der Waals surface area contributed by atoms with Crippen LogP contribution in [0.25, 0.3) is 0 Å². The van der Waals surface area contributed by atoms with Crippen LogP contribution < -0.4 is 10.6 Å². The molecule has 0 aromatic heterocycles. The molecule has 1 aliphatic rings. The van der Waals surface area contributed by atoms with Gasteiger partial charge in [-0.3, -0.25) is 19.7 Å². The van der Waals surface area contributed by atoms with E-state index in [9.17, 15) is 19.7 Å². The Morgan fingerprint density at radius 3 is 1.89 bits per heavy atom. The predicted molar refractivity (Wildman–Crippen MR) is 138 cm³/mol. The van der Waals surface area contributed by atoms with Gasteiger partial charge in [0.2, 0.25) is 11.8 Å². The Bertz CT molecular complexity index is 1120. The number of nitrogens with one attached hydrogen (secondary N) is 2. The van der Waals surface area contributed by atoms with Crippen LogP contribution in [0.1, 0.15) is 54.7 Å². The van der Waals surface area contributed by atoms with Gasteiger partial charge in [-0.1, -0.05) is 92.1 Å². The molecule has 7 heteroatoms. The van der Waals surface area contributed by atoms with Crippen LogP contribution in [-0.2, 0) is 16.0 Å². The maximum Gasteiger partial charge on any atom is 0.269 e. The third-order valence-electron chi connectivity index (χ3n) is 6.70. The van der Waals surface area contributed by atoms with Crippen molar-refractivity contribution in [3.63, 3.8) is 0 Å². The van der Waals surface area contributed by atoms with E-state index in [1.54, 1.807) is 12.1 Å². The van der Waals surface area contributed by atoms with Gasteiger partial charge in [0.1, 0.15) is 6.04 Å². The minimum absolute atomic E-state index is 0.0146. The van der Waals surface area contributed by atoms with E-state index in [1.807, 2.05) is 60.7 Å². The van der Waals surface area contributed by atoms with E-state index >= 15 is 0 Å². The van der Waals surface area contributed by atoms with Crippen molar-refractivity contribution in [2.75, 3.05) is 0 Å². The molecular weight excluding hydrogens is 454 g/mol. The minimum Gasteiger partial charge on any atom is -0.352 e. The highest BCUT2D eigenvalue weighted by atomic mass is 16.6. The summed E-state index contributed by atoms with van der Waals surface area (Å²) < 4.78 is 0. The molecule has 186 valence electrons. The number of amides is 2. The van der Waals surface area contributed by atoms with Gasteiger partial charge in [-0.05, 0) is 29.5 Å². The third-order valence-corrected chi connectivity index (χ3v) is 6.70. The molecule has 3 aromatic carbocycles. The van der Waals surface area contributed by atoms with E-state index in [0.717, 1.165) is 42.4 Å². The normalized spacial score (nSPS) is 14.7. The van der Waals surface area contributed by atoms with Crippen LogP contribution in [0.3, 0.4) is 0 Å². The second-order valence-electron chi connectivity index (χ2n) is 9.29. The van der Waals surface area contributed by atoms with Crippen LogP contribution in [0.4, 0.5) is 5.69 Å². The van der Waals surface area contributed by atoms with Crippen molar-refractivity contribution in [1.82, 2.24) is 10.6 Å². The molecule has 0 saturated heterocycles. The maximum atomic E-state index is 13.7. The summed E-state index contributed by atoms with van der Waals surface area (Å²) in [5, 5.41) is 17.2. The highest BCUT2D eigenvalue weighted by Crippen LogP contribution is 2.25. The van der Waals surface area contributed by atoms with Crippen LogP contribution in [0.5, 0.6) is 0 Å². The third kappa shape index (κ3) is 6.56. The summed E-state index contributed by atoms with van der Waals surface area (Å²) in [4.78, 5) is 37.7. The first kappa shape index (κ1) is 25.1. The second-order valence-corrected chi connectivity index (χ2v) is 9.29. The summed E-state index contributed by atoms with van der Waals surface area (Å²) in [7, 11) is 0. The van der Waals surface area contributed by atoms with Gasteiger partial charge >= 0.3 is 0 Å². The van der Waals surface area contributed by atoms with Gasteiger partial charge in [-0.2, -0.15) is 0 Å². The van der Waals surface area contributed by atoms with E-state index in [-0.39, 0.29) is 30.0 Å². The standard InChI is InChI=1S/C29H31N3O4/c33-28(30-24-14-8-3-9-15-24)26(20-21-16-18-25(19-17-21)32(35)36)31-29(34)27(22-10-4-1-5-11-22)23-12-6-2-7-13-23/h1-2,4-7,10-13,16-19,24,26-27H,3,8-9,14-15,20H2,(H,30,33)(H,31,34)/t26-/m0/s1. The van der Waals surface area contributed by atoms with E-state index in [2.05, 4.69) is 10.6 Å². The molecule has 0 spiro atoms. The lowest BCUT2D eigenvalue weighted by molar-refractivity contribution is -0.384. The summed E-state index contributed by atoms with van der Waals surface area (Å²) in [6.07, 6.45) is 5.42. The summed E-state index contributed by atoms with van der Waals surface area (Å²) in [5.41, 5.74) is 2.39. The van der Waals surface area contributed by atoms with Crippen molar-refractivity contribution in [3.05, 3.63) is 112 Å². The highest BCUT2D eigenvalue weighted by molar-refractivity contribution is 5.92. The van der Waals surface area contributed by atoms with Gasteiger partial charge < -0.3 is 10.6 Å². The van der Waals surface area contributed by atoms with Crippen molar-refractivity contribution in [3.8, 4) is 0 Å². The van der Waals surface area contributed by atoms with Crippen molar-refractivity contribution in [1.29, 1.82) is 0 Å². The van der Waals surface area contributed by atoms with E-state index < -0.39 is 16.9 Å². The van der Waals surface area contributed by atoms with Gasteiger partial charge in [0.25, 0.3) is 5.69 Å². The smallest absolute Gasteiger partial charge is 0.269 e. The molecule has 1 saturated carbocycles. The van der Waals surface area contributed by atoms with Gasteiger partial charge in [-0.15, -0.1) is 0 Å². The van der Waals surface area contributed by atoms with Crippen LogP contribution in [0, 0.1) is 10.1 Å². The van der Waals surface area contributed by atoms with Gasteiger partial charge in [-0.25, -0.2) is 0 Å². The zero-order chi connectivity index (χ0) is 25.3. The summed E-state index contributed by atoms with van der Waals surface area (Å²) in [6.45, 7) is 0. The van der Waals surface area contributed by atoms with Gasteiger partial charge in [0.15, 0.2) is 0 Å². The number of carbonyl (C=O) groups is 2. The molecular formula is C29H31N3O4. The molecule has 0 heterocycles. The van der Waals surface area contributed by atoms with Gasteiger partial charge in [0, 0.05) is 24.6 Å². The first-order chi connectivity index (χ1) is 17.5. The highest BCUT2D eigenvalue weighted by Gasteiger charge is 2.29. The summed E-state index contributed by atoms with van der Waals surface area (Å²) in [6, 6.07) is 24.4. The molecule has 0 unspecified atom stereocenters. The van der Waals surface area contributed by atoms with Crippen molar-refractivity contribution in [2.45, 2.75) is 56.5 Å². The Balaban J connectivity index is 1.58. The molecule has 0 radical (unpaired) electrons. The molecule has 1 fully saturated rings. The monoisotopic (exact) mass is 485 g/mol. The number of hydrogen-bond acceptors (Lipinski definition) is 4. The zero-order valence-corrected chi connectivity index (χ0v) is 20.1. The summed E-state index contributed by atoms with van der Waals surface area (Å²) >= 11 is 0. The predicted octanol–water partition coefficient (Wildman–Crippen LogP) is 4.90. The molecule has 7 nitrogen and oxygen atoms in total. The molecule has 36 heavy (non-hydrogen) atoms. The zero-order valence-electron chi connectivity index (χ0n) is 20.1. The van der Waals surface area contributed by atoms with Crippen LogP contribution in [0.15, 0.2) is 84.9 Å². The Labute approximate surface area is 211 Å². The molecule has 4 rings (SSSR count). The quantitative estimate of drug-likeness (QED) is 0.332. The number of rotatable bonds is 9. The fourth-order valence-electron chi connectivity index (χ4n) is 4.79. The maximum absolute atomic E-state index is 13.7. The van der Waals surface area contributed by atoms with Crippen LogP contribution in [0.2, 0.25) is 0 Å². The average Bonchev–Trinajstić information content (AvgIpc) is 2.90. The molecule has 1 atom stereocenters. The van der Waals surface area contributed by atoms with Gasteiger partial charge in [0.05, 0.1) is 10.8 Å². The van der Waals surface area contributed by atoms with Crippen LogP contribution in [-0.4, -0.2) is 28.8 Å². The molecule has 2 amide bonds. The van der Waals surface area contributed by atoms with Crippen molar-refractivity contribution >= 4 is 17.5 Å². The SMILES string of the molecule is O=C(N[C@@H](Cc1ccc([N+](=O)[O-])cc1)C(=O)NC1CCCCC1)C(c1ccccc1)c1ccccc1. The average molecular weight is 486 g/mol. The minimum atomic E-state index is -0.809. The Morgan fingerprint density at radius 1 is 0.806 bits per heavy atom. The molecule has 0 bridgehead atoms. The van der Waals surface area contributed by atoms with E-state index in [0.29, 0.717) is 0 Å². The Hall–Kier alpha value is -4.00. The number of nitro groups is 1. The second kappa shape index (κ2) is 12.1.